The fourth-order valence-electron chi connectivity index (χ4n) is 2.06. The van der Waals surface area contributed by atoms with Crippen LogP contribution in [0, 0.1) is 0 Å². The van der Waals surface area contributed by atoms with Crippen LogP contribution in [0.4, 0.5) is 15.4 Å². The highest BCUT2D eigenvalue weighted by atomic mass is 16.6. The van der Waals surface area contributed by atoms with E-state index in [2.05, 4.69) is 11.6 Å². The average Bonchev–Trinajstić information content (AvgIpc) is 2.44. The van der Waals surface area contributed by atoms with Crippen LogP contribution in [0.1, 0.15) is 26.3 Å². The summed E-state index contributed by atoms with van der Waals surface area (Å²) in [6.45, 7) is 8.72. The minimum atomic E-state index is -1.46. The molecule has 1 aromatic carbocycles. The molecule has 0 spiro atoms. The molecule has 0 atom stereocenters. The van der Waals surface area contributed by atoms with Crippen molar-refractivity contribution in [2.75, 3.05) is 4.90 Å². The van der Waals surface area contributed by atoms with E-state index in [1.54, 1.807) is 26.8 Å². The number of fused-ring (bicyclic) bond motifs is 1. The Kier molecular flexibility index (Phi) is 4.36. The molecule has 23 heavy (non-hydrogen) atoms. The van der Waals surface area contributed by atoms with Gasteiger partial charge in [0.15, 0.2) is 0 Å². The first-order valence-corrected chi connectivity index (χ1v) is 7.00. The monoisotopic (exact) mass is 314 g/mol. The zero-order valence-electron chi connectivity index (χ0n) is 13.2. The van der Waals surface area contributed by atoms with Crippen molar-refractivity contribution >= 4 is 34.9 Å². The van der Waals surface area contributed by atoms with Crippen molar-refractivity contribution in [2.24, 2.45) is 0 Å². The number of carboxylic acid groups (broad SMARTS) is 1. The second-order valence-electron chi connectivity index (χ2n) is 5.91. The number of nitrogens with zero attached hydrogens (tertiary/aromatic N) is 2. The van der Waals surface area contributed by atoms with E-state index in [1.807, 2.05) is 18.2 Å². The molecule has 0 bridgehead atoms. The smallest absolute Gasteiger partial charge is 0.425 e. The Hall–Kier alpha value is -2.89. The molecule has 6 nitrogen and oxygen atoms in total. The molecule has 1 aromatic heterocycles. The number of pyridine rings is 1. The molecule has 0 aliphatic rings. The number of amides is 2. The van der Waals surface area contributed by atoms with Gasteiger partial charge in [-0.2, -0.15) is 4.90 Å². The third kappa shape index (κ3) is 3.66. The van der Waals surface area contributed by atoms with E-state index in [9.17, 15) is 14.7 Å². The molecule has 1 N–H and O–H groups in total. The highest BCUT2D eigenvalue weighted by Gasteiger charge is 2.29. The molecule has 1 heterocycles. The molecular formula is C17H18N2O4. The van der Waals surface area contributed by atoms with Crippen molar-refractivity contribution < 1.29 is 19.4 Å². The molecule has 0 saturated carbocycles. The van der Waals surface area contributed by atoms with Gasteiger partial charge in [-0.1, -0.05) is 30.9 Å². The van der Waals surface area contributed by atoms with Crippen LogP contribution in [-0.2, 0) is 4.74 Å². The molecule has 120 valence electrons. The lowest BCUT2D eigenvalue weighted by molar-refractivity contribution is 0.0581. The Balaban J connectivity index is 2.52. The number of carbonyl (C=O) groups is 2. The molecule has 0 radical (unpaired) electrons. The number of rotatable bonds is 2. The van der Waals surface area contributed by atoms with E-state index in [1.165, 1.54) is 12.3 Å². The lowest BCUT2D eigenvalue weighted by atomic mass is 10.1. The Morgan fingerprint density at radius 3 is 2.61 bits per heavy atom. The summed E-state index contributed by atoms with van der Waals surface area (Å²) in [5.74, 6) is -0.0199. The van der Waals surface area contributed by atoms with E-state index in [0.29, 0.717) is 4.90 Å². The molecule has 0 aliphatic heterocycles. The van der Waals surface area contributed by atoms with E-state index in [0.717, 1.165) is 16.3 Å². The van der Waals surface area contributed by atoms with Crippen LogP contribution >= 0.6 is 0 Å². The van der Waals surface area contributed by atoms with Gasteiger partial charge in [0.05, 0.1) is 0 Å². The van der Waals surface area contributed by atoms with Gasteiger partial charge in [0.25, 0.3) is 0 Å². The summed E-state index contributed by atoms with van der Waals surface area (Å²) in [5.41, 5.74) is 0.00847. The number of hydrogen-bond acceptors (Lipinski definition) is 4. The molecule has 0 fully saturated rings. The summed E-state index contributed by atoms with van der Waals surface area (Å²) in [7, 11) is 0. The van der Waals surface area contributed by atoms with Crippen molar-refractivity contribution in [3.8, 4) is 0 Å². The highest BCUT2D eigenvalue weighted by molar-refractivity contribution is 6.09. The second-order valence-corrected chi connectivity index (χ2v) is 5.91. The van der Waals surface area contributed by atoms with Gasteiger partial charge in [0, 0.05) is 11.6 Å². The molecule has 2 aromatic rings. The quantitative estimate of drug-likeness (QED) is 0.894. The molecule has 0 unspecified atom stereocenters. The number of benzene rings is 1. The minimum absolute atomic E-state index is 0.0199. The number of anilines is 1. The first-order valence-electron chi connectivity index (χ1n) is 7.00. The van der Waals surface area contributed by atoms with Gasteiger partial charge in [-0.05, 0) is 37.8 Å². The van der Waals surface area contributed by atoms with Crippen LogP contribution < -0.4 is 4.90 Å². The summed E-state index contributed by atoms with van der Waals surface area (Å²) >= 11 is 0. The minimum Gasteiger partial charge on any atom is -0.464 e. The van der Waals surface area contributed by atoms with Gasteiger partial charge in [-0.3, -0.25) is 0 Å². The first kappa shape index (κ1) is 16.5. The second kappa shape index (κ2) is 6.08. The van der Waals surface area contributed by atoms with E-state index < -0.39 is 17.8 Å². The summed E-state index contributed by atoms with van der Waals surface area (Å²) in [4.78, 5) is 28.2. The molecule has 2 rings (SSSR count). The number of imide groups is 1. The average molecular weight is 314 g/mol. The number of hydrogen-bond donors (Lipinski definition) is 1. The van der Waals surface area contributed by atoms with E-state index >= 15 is 0 Å². The molecular weight excluding hydrogens is 296 g/mol. The van der Waals surface area contributed by atoms with Crippen LogP contribution in [0.5, 0.6) is 0 Å². The zero-order chi connectivity index (χ0) is 17.2. The van der Waals surface area contributed by atoms with Gasteiger partial charge >= 0.3 is 12.2 Å². The van der Waals surface area contributed by atoms with Gasteiger partial charge in [-0.15, -0.1) is 0 Å². The third-order valence-corrected chi connectivity index (χ3v) is 3.00. The van der Waals surface area contributed by atoms with Crippen molar-refractivity contribution in [1.82, 2.24) is 4.98 Å². The summed E-state index contributed by atoms with van der Waals surface area (Å²) in [6, 6.07) is 7.07. The lowest BCUT2D eigenvalue weighted by Gasteiger charge is -2.24. The maximum absolute atomic E-state index is 12.2. The normalized spacial score (nSPS) is 11.1. The van der Waals surface area contributed by atoms with Crippen LogP contribution in [0.3, 0.4) is 0 Å². The van der Waals surface area contributed by atoms with Gasteiger partial charge in [0.2, 0.25) is 0 Å². The lowest BCUT2D eigenvalue weighted by Crippen LogP contribution is -2.40. The number of aromatic nitrogens is 1. The summed E-state index contributed by atoms with van der Waals surface area (Å²) in [5, 5.41) is 10.9. The standard InChI is InChI=1S/C17H18N2O4/c1-5-11-7-6-8-12-10-18-14(9-13(11)12)19(15(20)21)16(22)23-17(2,3)4/h5-10H,1H2,2-4H3,(H,20,21). The van der Waals surface area contributed by atoms with Crippen LogP contribution in [0.15, 0.2) is 37.0 Å². The largest absolute Gasteiger partial charge is 0.464 e. The Morgan fingerprint density at radius 2 is 2.04 bits per heavy atom. The third-order valence-electron chi connectivity index (χ3n) is 3.00. The molecule has 0 aliphatic carbocycles. The van der Waals surface area contributed by atoms with Crippen LogP contribution in [0.25, 0.3) is 16.8 Å². The Labute approximate surface area is 134 Å². The SMILES string of the molecule is C=Cc1cccc2cnc(N(C(=O)O)C(=O)OC(C)(C)C)cc12. The zero-order valence-corrected chi connectivity index (χ0v) is 13.2. The maximum atomic E-state index is 12.2. The van der Waals surface area contributed by atoms with Crippen molar-refractivity contribution in [3.05, 3.63) is 42.6 Å². The first-order chi connectivity index (χ1) is 10.7. The predicted molar refractivity (Wildman–Crippen MR) is 88.6 cm³/mol. The Bertz CT molecular complexity index is 778. The number of carbonyl (C=O) groups excluding carboxylic acids is 1. The van der Waals surface area contributed by atoms with E-state index in [4.69, 9.17) is 4.74 Å². The number of ether oxygens (including phenoxy) is 1. The van der Waals surface area contributed by atoms with Crippen LogP contribution in [-0.4, -0.2) is 27.9 Å². The Morgan fingerprint density at radius 1 is 1.35 bits per heavy atom. The molecule has 6 heteroatoms. The predicted octanol–water partition coefficient (Wildman–Crippen LogP) is 4.30. The fraction of sp³-hybridized carbons (Fsp3) is 0.235. The molecule has 2 amide bonds. The topological polar surface area (TPSA) is 79.7 Å². The van der Waals surface area contributed by atoms with Crippen LogP contribution in [0.2, 0.25) is 0 Å². The van der Waals surface area contributed by atoms with Gasteiger partial charge in [-0.25, -0.2) is 14.6 Å². The van der Waals surface area contributed by atoms with Crippen molar-refractivity contribution in [3.63, 3.8) is 0 Å². The fourth-order valence-corrected chi connectivity index (χ4v) is 2.06. The highest BCUT2D eigenvalue weighted by Crippen LogP contribution is 2.25. The van der Waals surface area contributed by atoms with Gasteiger partial charge in [0.1, 0.15) is 11.4 Å². The van der Waals surface area contributed by atoms with Gasteiger partial charge < -0.3 is 9.84 Å². The summed E-state index contributed by atoms with van der Waals surface area (Å²) in [6.07, 6.45) is 0.720. The molecule has 0 saturated heterocycles. The maximum Gasteiger partial charge on any atom is 0.425 e. The van der Waals surface area contributed by atoms with Crippen molar-refractivity contribution in [2.45, 2.75) is 26.4 Å². The van der Waals surface area contributed by atoms with Crippen molar-refractivity contribution in [1.29, 1.82) is 0 Å². The summed E-state index contributed by atoms with van der Waals surface area (Å²) < 4.78 is 5.13. The van der Waals surface area contributed by atoms with E-state index in [-0.39, 0.29) is 5.82 Å².